The van der Waals surface area contributed by atoms with Crippen LogP contribution in [0.5, 0.6) is 0 Å². The molecule has 1 aliphatic rings. The zero-order valence-corrected chi connectivity index (χ0v) is 13.7. The molecule has 0 saturated heterocycles. The lowest BCUT2D eigenvalue weighted by atomic mass is 9.81. The van der Waals surface area contributed by atoms with Crippen molar-refractivity contribution in [1.29, 1.82) is 0 Å². The van der Waals surface area contributed by atoms with Gasteiger partial charge in [0.05, 0.1) is 0 Å². The van der Waals surface area contributed by atoms with Crippen molar-refractivity contribution in [2.24, 2.45) is 5.92 Å². The molecule has 2 rings (SSSR count). The maximum absolute atomic E-state index is 13.3. The van der Waals surface area contributed by atoms with Crippen molar-refractivity contribution in [1.82, 2.24) is 5.32 Å². The highest BCUT2D eigenvalue weighted by molar-refractivity contribution is 14.1. The molecule has 1 N–H and O–H groups in total. The lowest BCUT2D eigenvalue weighted by molar-refractivity contribution is 0.271. The van der Waals surface area contributed by atoms with Crippen molar-refractivity contribution >= 4 is 22.6 Å². The van der Waals surface area contributed by atoms with E-state index < -0.39 is 0 Å². The monoisotopic (exact) mass is 375 g/mol. The van der Waals surface area contributed by atoms with Gasteiger partial charge in [-0.2, -0.15) is 0 Å². The highest BCUT2D eigenvalue weighted by Gasteiger charge is 2.25. The number of rotatable bonds is 5. The molecule has 0 spiro atoms. The summed E-state index contributed by atoms with van der Waals surface area (Å²) < 4.78 is 14.3. The summed E-state index contributed by atoms with van der Waals surface area (Å²) in [6, 6.07) is 5.62. The van der Waals surface area contributed by atoms with E-state index in [-0.39, 0.29) is 5.82 Å². The van der Waals surface area contributed by atoms with Gasteiger partial charge in [-0.15, -0.1) is 0 Å². The normalized spacial score (nSPS) is 18.5. The fourth-order valence-corrected chi connectivity index (χ4v) is 3.86. The molecule has 1 atom stereocenters. The largest absolute Gasteiger partial charge is 0.310 e. The number of hydrogen-bond donors (Lipinski definition) is 1. The van der Waals surface area contributed by atoms with E-state index in [2.05, 4.69) is 34.8 Å². The van der Waals surface area contributed by atoms with E-state index in [9.17, 15) is 4.39 Å². The molecule has 1 nitrogen and oxygen atoms in total. The third kappa shape index (κ3) is 4.15. The zero-order chi connectivity index (χ0) is 13.7. The maximum Gasteiger partial charge on any atom is 0.124 e. The van der Waals surface area contributed by atoms with E-state index >= 15 is 0 Å². The fraction of sp³-hybridized carbons (Fsp3) is 0.625. The van der Waals surface area contributed by atoms with Gasteiger partial charge in [0.2, 0.25) is 0 Å². The van der Waals surface area contributed by atoms with Gasteiger partial charge in [-0.25, -0.2) is 4.39 Å². The first-order valence-electron chi connectivity index (χ1n) is 7.40. The van der Waals surface area contributed by atoms with Gasteiger partial charge >= 0.3 is 0 Å². The Morgan fingerprint density at radius 2 is 2.05 bits per heavy atom. The van der Waals surface area contributed by atoms with Crippen molar-refractivity contribution in [2.45, 2.75) is 51.5 Å². The number of benzene rings is 1. The van der Waals surface area contributed by atoms with Crippen LogP contribution in [-0.4, -0.2) is 6.54 Å². The Labute approximate surface area is 129 Å². The van der Waals surface area contributed by atoms with Crippen LogP contribution in [0.15, 0.2) is 18.2 Å². The molecule has 1 aliphatic carbocycles. The van der Waals surface area contributed by atoms with Crippen LogP contribution in [0, 0.1) is 15.3 Å². The lowest BCUT2D eigenvalue weighted by Crippen LogP contribution is -2.31. The number of nitrogens with one attached hydrogen (secondary N) is 1. The van der Waals surface area contributed by atoms with Crippen molar-refractivity contribution in [3.63, 3.8) is 0 Å². The summed E-state index contributed by atoms with van der Waals surface area (Å²) in [5.74, 6) is 0.574. The quantitative estimate of drug-likeness (QED) is 0.710. The van der Waals surface area contributed by atoms with Gasteiger partial charge in [0, 0.05) is 9.61 Å². The average Bonchev–Trinajstić information content (AvgIpc) is 2.42. The molecule has 0 amide bonds. The van der Waals surface area contributed by atoms with Crippen LogP contribution in [0.2, 0.25) is 0 Å². The second-order valence-corrected chi connectivity index (χ2v) is 6.66. The molecule has 1 saturated carbocycles. The van der Waals surface area contributed by atoms with Gasteiger partial charge in [0.15, 0.2) is 0 Å². The van der Waals surface area contributed by atoms with Crippen LogP contribution < -0.4 is 5.32 Å². The SMILES string of the molecule is CCCNC(c1ccc(F)cc1I)C1CCCCC1. The highest BCUT2D eigenvalue weighted by atomic mass is 127. The Kier molecular flexibility index (Phi) is 6.07. The summed E-state index contributed by atoms with van der Waals surface area (Å²) in [6.45, 7) is 3.23. The Morgan fingerprint density at radius 3 is 2.68 bits per heavy atom. The molecule has 106 valence electrons. The van der Waals surface area contributed by atoms with E-state index in [1.807, 2.05) is 6.07 Å². The molecule has 1 unspecified atom stereocenters. The van der Waals surface area contributed by atoms with Crippen LogP contribution in [0.3, 0.4) is 0 Å². The van der Waals surface area contributed by atoms with Crippen LogP contribution in [-0.2, 0) is 0 Å². The molecular weight excluding hydrogens is 352 g/mol. The van der Waals surface area contributed by atoms with Crippen molar-refractivity contribution < 1.29 is 4.39 Å². The minimum absolute atomic E-state index is 0.133. The van der Waals surface area contributed by atoms with Crippen LogP contribution in [0.25, 0.3) is 0 Å². The Balaban J connectivity index is 2.19. The molecule has 0 radical (unpaired) electrons. The van der Waals surface area contributed by atoms with Crippen molar-refractivity contribution in [2.75, 3.05) is 6.54 Å². The van der Waals surface area contributed by atoms with Crippen LogP contribution in [0.1, 0.15) is 57.1 Å². The first kappa shape index (κ1) is 15.2. The molecule has 1 aromatic carbocycles. The van der Waals surface area contributed by atoms with Crippen molar-refractivity contribution in [3.8, 4) is 0 Å². The Bertz CT molecular complexity index is 402. The summed E-state index contributed by atoms with van der Waals surface area (Å²) >= 11 is 2.27. The predicted octanol–water partition coefficient (Wildman–Crippen LogP) is 5.05. The topological polar surface area (TPSA) is 12.0 Å². The molecule has 0 aromatic heterocycles. The van der Waals surface area contributed by atoms with E-state index in [1.54, 1.807) is 12.1 Å². The van der Waals surface area contributed by atoms with Crippen LogP contribution >= 0.6 is 22.6 Å². The maximum atomic E-state index is 13.3. The summed E-state index contributed by atoms with van der Waals surface area (Å²) in [7, 11) is 0. The molecule has 0 aliphatic heterocycles. The Hall–Kier alpha value is -0.160. The van der Waals surface area contributed by atoms with Gasteiger partial charge < -0.3 is 5.32 Å². The smallest absolute Gasteiger partial charge is 0.124 e. The number of halogens is 2. The van der Waals surface area contributed by atoms with Gasteiger partial charge in [0.25, 0.3) is 0 Å². The molecule has 0 heterocycles. The molecule has 19 heavy (non-hydrogen) atoms. The van der Waals surface area contributed by atoms with E-state index in [0.717, 1.165) is 16.5 Å². The second kappa shape index (κ2) is 7.58. The summed E-state index contributed by atoms with van der Waals surface area (Å²) in [6.07, 6.45) is 7.79. The first-order valence-corrected chi connectivity index (χ1v) is 8.48. The third-order valence-corrected chi connectivity index (χ3v) is 4.97. The Morgan fingerprint density at radius 1 is 1.32 bits per heavy atom. The molecule has 0 bridgehead atoms. The predicted molar refractivity (Wildman–Crippen MR) is 86.7 cm³/mol. The second-order valence-electron chi connectivity index (χ2n) is 5.50. The highest BCUT2D eigenvalue weighted by Crippen LogP contribution is 2.36. The van der Waals surface area contributed by atoms with E-state index in [1.165, 1.54) is 37.7 Å². The van der Waals surface area contributed by atoms with Crippen LogP contribution in [0.4, 0.5) is 4.39 Å². The van der Waals surface area contributed by atoms with E-state index in [0.29, 0.717) is 12.0 Å². The van der Waals surface area contributed by atoms with Gasteiger partial charge in [0.1, 0.15) is 5.82 Å². The fourth-order valence-electron chi connectivity index (χ4n) is 3.05. The minimum Gasteiger partial charge on any atom is -0.310 e. The standard InChI is InChI=1S/C16H23FIN/c1-2-10-19-16(12-6-4-3-5-7-12)14-9-8-13(17)11-15(14)18/h8-9,11-12,16,19H,2-7,10H2,1H3. The first-order chi connectivity index (χ1) is 9.22. The number of hydrogen-bond acceptors (Lipinski definition) is 1. The molecule has 3 heteroatoms. The third-order valence-electron chi connectivity index (χ3n) is 4.03. The molecular formula is C16H23FIN. The van der Waals surface area contributed by atoms with Gasteiger partial charge in [-0.1, -0.05) is 32.3 Å². The van der Waals surface area contributed by atoms with Crippen molar-refractivity contribution in [3.05, 3.63) is 33.1 Å². The minimum atomic E-state index is -0.133. The summed E-state index contributed by atoms with van der Waals surface area (Å²) in [5, 5.41) is 3.69. The lowest BCUT2D eigenvalue weighted by Gasteiger charge is -2.32. The average molecular weight is 375 g/mol. The van der Waals surface area contributed by atoms with Gasteiger partial charge in [-0.05, 0) is 72.0 Å². The molecule has 1 fully saturated rings. The van der Waals surface area contributed by atoms with E-state index in [4.69, 9.17) is 0 Å². The summed E-state index contributed by atoms with van der Waals surface area (Å²) in [4.78, 5) is 0. The summed E-state index contributed by atoms with van der Waals surface area (Å²) in [5.41, 5.74) is 1.28. The molecule has 1 aromatic rings. The zero-order valence-electron chi connectivity index (χ0n) is 11.6. The van der Waals surface area contributed by atoms with Gasteiger partial charge in [-0.3, -0.25) is 0 Å².